The molecule has 0 aliphatic heterocycles. The molecule has 1 aromatic heterocycles. The van der Waals surface area contributed by atoms with E-state index in [1.54, 1.807) is 4.57 Å². The van der Waals surface area contributed by atoms with Crippen LogP contribution in [0.3, 0.4) is 0 Å². The van der Waals surface area contributed by atoms with Crippen LogP contribution >= 0.6 is 12.6 Å². The number of hydrogen-bond acceptors (Lipinski definition) is 2. The molecule has 0 amide bonds. The highest BCUT2D eigenvalue weighted by Gasteiger charge is 1.97. The second-order valence-corrected chi connectivity index (χ2v) is 3.92. The molecule has 0 bridgehead atoms. The highest BCUT2D eigenvalue weighted by molar-refractivity contribution is 7.80. The molecule has 1 rings (SSSR count). The van der Waals surface area contributed by atoms with E-state index in [2.05, 4.69) is 12.6 Å². The van der Waals surface area contributed by atoms with Crippen molar-refractivity contribution in [1.82, 2.24) is 4.57 Å². The smallest absolute Gasteiger partial charge is 0.253 e. The van der Waals surface area contributed by atoms with E-state index in [0.29, 0.717) is 0 Å². The van der Waals surface area contributed by atoms with Crippen molar-refractivity contribution >= 4 is 12.6 Å². The molecule has 78 valence electrons. The fraction of sp³-hybridized carbons (Fsp3) is 0.545. The van der Waals surface area contributed by atoms with Crippen LogP contribution in [0.15, 0.2) is 23.1 Å². The zero-order valence-corrected chi connectivity index (χ0v) is 9.46. The average molecular weight is 211 g/mol. The molecule has 0 radical (unpaired) electrons. The van der Waals surface area contributed by atoms with Crippen molar-refractivity contribution in [3.05, 3.63) is 34.2 Å². The van der Waals surface area contributed by atoms with Gasteiger partial charge in [-0.2, -0.15) is 12.6 Å². The van der Waals surface area contributed by atoms with Gasteiger partial charge in [0.25, 0.3) is 5.56 Å². The van der Waals surface area contributed by atoms with E-state index in [1.165, 1.54) is 0 Å². The maximum atomic E-state index is 11.6. The Morgan fingerprint density at radius 1 is 1.36 bits per heavy atom. The van der Waals surface area contributed by atoms with Crippen LogP contribution in [0.2, 0.25) is 0 Å². The van der Waals surface area contributed by atoms with E-state index >= 15 is 0 Å². The highest BCUT2D eigenvalue weighted by atomic mass is 32.1. The molecule has 0 aliphatic rings. The van der Waals surface area contributed by atoms with Crippen molar-refractivity contribution in [3.8, 4) is 0 Å². The third-order valence-corrected chi connectivity index (χ3v) is 2.58. The topological polar surface area (TPSA) is 22.0 Å². The van der Waals surface area contributed by atoms with Crippen LogP contribution in [0.1, 0.15) is 24.8 Å². The van der Waals surface area contributed by atoms with Gasteiger partial charge in [0.15, 0.2) is 0 Å². The van der Waals surface area contributed by atoms with Crippen LogP contribution in [0.25, 0.3) is 0 Å². The van der Waals surface area contributed by atoms with E-state index in [9.17, 15) is 4.79 Å². The number of unbranched alkanes of at least 4 members (excludes halogenated alkanes) is 2. The molecule has 14 heavy (non-hydrogen) atoms. The van der Waals surface area contributed by atoms with Gasteiger partial charge < -0.3 is 4.57 Å². The zero-order valence-electron chi connectivity index (χ0n) is 8.57. The molecule has 0 N–H and O–H groups in total. The summed E-state index contributed by atoms with van der Waals surface area (Å²) in [4.78, 5) is 11.6. The maximum Gasteiger partial charge on any atom is 0.253 e. The monoisotopic (exact) mass is 211 g/mol. The summed E-state index contributed by atoms with van der Waals surface area (Å²) >= 11 is 4.15. The quantitative estimate of drug-likeness (QED) is 0.585. The van der Waals surface area contributed by atoms with Crippen molar-refractivity contribution in [1.29, 1.82) is 0 Å². The fourth-order valence-corrected chi connectivity index (χ4v) is 1.63. The van der Waals surface area contributed by atoms with E-state index < -0.39 is 0 Å². The molecule has 3 heteroatoms. The van der Waals surface area contributed by atoms with E-state index in [0.717, 1.165) is 37.1 Å². The zero-order chi connectivity index (χ0) is 10.4. The Morgan fingerprint density at radius 3 is 2.86 bits per heavy atom. The van der Waals surface area contributed by atoms with Crippen LogP contribution < -0.4 is 5.56 Å². The van der Waals surface area contributed by atoms with Crippen LogP contribution in [0, 0.1) is 6.92 Å². The first kappa shape index (κ1) is 11.4. The summed E-state index contributed by atoms with van der Waals surface area (Å²) in [5, 5.41) is 0. The van der Waals surface area contributed by atoms with Gasteiger partial charge in [-0.1, -0.05) is 12.5 Å². The molecule has 2 nitrogen and oxygen atoms in total. The number of hydrogen-bond donors (Lipinski definition) is 1. The normalized spacial score (nSPS) is 10.4. The molecule has 0 saturated carbocycles. The SMILES string of the molecule is Cc1cccn(CCCCCS)c1=O. The van der Waals surface area contributed by atoms with Gasteiger partial charge in [-0.3, -0.25) is 4.79 Å². The minimum Gasteiger partial charge on any atom is -0.315 e. The van der Waals surface area contributed by atoms with Gasteiger partial charge >= 0.3 is 0 Å². The summed E-state index contributed by atoms with van der Waals surface area (Å²) in [6, 6.07) is 3.78. The summed E-state index contributed by atoms with van der Waals surface area (Å²) < 4.78 is 1.79. The largest absolute Gasteiger partial charge is 0.315 e. The third-order valence-electron chi connectivity index (χ3n) is 2.27. The molecule has 0 atom stereocenters. The van der Waals surface area contributed by atoms with Crippen molar-refractivity contribution < 1.29 is 0 Å². The lowest BCUT2D eigenvalue weighted by molar-refractivity contribution is 0.587. The van der Waals surface area contributed by atoms with Gasteiger partial charge in [0, 0.05) is 18.3 Å². The Labute approximate surface area is 90.4 Å². The summed E-state index contributed by atoms with van der Waals surface area (Å²) in [7, 11) is 0. The highest BCUT2D eigenvalue weighted by Crippen LogP contribution is 1.99. The van der Waals surface area contributed by atoms with Crippen LogP contribution in [0.4, 0.5) is 0 Å². The summed E-state index contributed by atoms with van der Waals surface area (Å²) in [6.45, 7) is 2.68. The molecule has 0 spiro atoms. The predicted molar refractivity (Wildman–Crippen MR) is 63.1 cm³/mol. The summed E-state index contributed by atoms with van der Waals surface area (Å²) in [5.74, 6) is 0.933. The first-order valence-electron chi connectivity index (χ1n) is 5.02. The predicted octanol–water partition coefficient (Wildman–Crippen LogP) is 2.26. The van der Waals surface area contributed by atoms with E-state index in [1.807, 2.05) is 25.3 Å². The standard InChI is InChI=1S/C11H17NOS/c1-10-6-5-8-12(11(10)13)7-3-2-4-9-14/h5-6,8,14H,2-4,7,9H2,1H3. The molecule has 0 saturated heterocycles. The van der Waals surface area contributed by atoms with Crippen molar-refractivity contribution in [2.45, 2.75) is 32.7 Å². The van der Waals surface area contributed by atoms with Crippen molar-refractivity contribution in [2.75, 3.05) is 5.75 Å². The van der Waals surface area contributed by atoms with Gasteiger partial charge in [0.05, 0.1) is 0 Å². The maximum absolute atomic E-state index is 11.6. The number of aromatic nitrogens is 1. The first-order valence-corrected chi connectivity index (χ1v) is 5.66. The lowest BCUT2D eigenvalue weighted by atomic mass is 10.2. The van der Waals surface area contributed by atoms with Crippen LogP contribution in [-0.2, 0) is 6.54 Å². The number of pyridine rings is 1. The number of aryl methyl sites for hydroxylation is 2. The minimum absolute atomic E-state index is 0.137. The molecule has 0 unspecified atom stereocenters. The second kappa shape index (κ2) is 5.91. The average Bonchev–Trinajstić information content (AvgIpc) is 2.19. The van der Waals surface area contributed by atoms with Crippen molar-refractivity contribution in [2.24, 2.45) is 0 Å². The summed E-state index contributed by atoms with van der Waals surface area (Å²) in [6.07, 6.45) is 5.19. The molecule has 0 aromatic carbocycles. The number of thiol groups is 1. The molecular formula is C11H17NOS. The lowest BCUT2D eigenvalue weighted by Gasteiger charge is -2.05. The van der Waals surface area contributed by atoms with Gasteiger partial charge in [-0.25, -0.2) is 0 Å². The van der Waals surface area contributed by atoms with Crippen molar-refractivity contribution in [3.63, 3.8) is 0 Å². The Kier molecular flexibility index (Phi) is 4.80. The number of nitrogens with zero attached hydrogens (tertiary/aromatic N) is 1. The van der Waals surface area contributed by atoms with E-state index in [4.69, 9.17) is 0 Å². The second-order valence-electron chi connectivity index (χ2n) is 3.47. The minimum atomic E-state index is 0.137. The van der Waals surface area contributed by atoms with Gasteiger partial charge in [-0.05, 0) is 31.6 Å². The summed E-state index contributed by atoms with van der Waals surface area (Å²) in [5.41, 5.74) is 0.958. The molecule has 1 aromatic rings. The third kappa shape index (κ3) is 3.22. The lowest BCUT2D eigenvalue weighted by Crippen LogP contribution is -2.21. The fourth-order valence-electron chi connectivity index (χ4n) is 1.40. The van der Waals surface area contributed by atoms with Crippen LogP contribution in [0.5, 0.6) is 0 Å². The van der Waals surface area contributed by atoms with E-state index in [-0.39, 0.29) is 5.56 Å². The van der Waals surface area contributed by atoms with Gasteiger partial charge in [0.1, 0.15) is 0 Å². The van der Waals surface area contributed by atoms with Gasteiger partial charge in [0.2, 0.25) is 0 Å². The number of rotatable bonds is 5. The molecule has 0 fully saturated rings. The van der Waals surface area contributed by atoms with Crippen LogP contribution in [-0.4, -0.2) is 10.3 Å². The molecule has 0 aliphatic carbocycles. The Balaban J connectivity index is 2.51. The molecular weight excluding hydrogens is 194 g/mol. The Morgan fingerprint density at radius 2 is 2.14 bits per heavy atom. The Bertz CT molecular complexity index is 332. The first-order chi connectivity index (χ1) is 6.75. The Hall–Kier alpha value is -0.700. The van der Waals surface area contributed by atoms with Gasteiger partial charge in [-0.15, -0.1) is 0 Å². The molecule has 1 heterocycles.